The molecule has 1 heterocycles. The zero-order valence-electron chi connectivity index (χ0n) is 9.82. The van der Waals surface area contributed by atoms with Crippen LogP contribution >= 0.6 is 0 Å². The summed E-state index contributed by atoms with van der Waals surface area (Å²) in [5.74, 6) is 0.742. The SMILES string of the molecule is Cc1c(-c2ccccc2)noc1C(C)(C)N. The number of benzene rings is 1. The monoisotopic (exact) mass is 216 g/mol. The van der Waals surface area contributed by atoms with E-state index in [0.717, 1.165) is 22.6 Å². The van der Waals surface area contributed by atoms with Gasteiger partial charge >= 0.3 is 0 Å². The third-order valence-corrected chi connectivity index (χ3v) is 2.56. The molecule has 0 amide bonds. The van der Waals surface area contributed by atoms with Crippen LogP contribution in [0.4, 0.5) is 0 Å². The van der Waals surface area contributed by atoms with Crippen molar-refractivity contribution in [2.75, 3.05) is 0 Å². The van der Waals surface area contributed by atoms with E-state index in [9.17, 15) is 0 Å². The van der Waals surface area contributed by atoms with E-state index in [2.05, 4.69) is 5.16 Å². The molecule has 3 nitrogen and oxygen atoms in total. The van der Waals surface area contributed by atoms with Gasteiger partial charge in [0.05, 0.1) is 5.54 Å². The van der Waals surface area contributed by atoms with Gasteiger partial charge in [0.2, 0.25) is 0 Å². The highest BCUT2D eigenvalue weighted by molar-refractivity contribution is 5.63. The van der Waals surface area contributed by atoms with E-state index in [1.165, 1.54) is 0 Å². The highest BCUT2D eigenvalue weighted by Crippen LogP contribution is 2.29. The molecule has 0 fully saturated rings. The first-order valence-corrected chi connectivity index (χ1v) is 5.31. The average molecular weight is 216 g/mol. The fraction of sp³-hybridized carbons (Fsp3) is 0.308. The molecule has 3 heteroatoms. The molecule has 0 unspecified atom stereocenters. The van der Waals surface area contributed by atoms with Crippen molar-refractivity contribution in [1.82, 2.24) is 5.16 Å². The number of rotatable bonds is 2. The Balaban J connectivity index is 2.50. The van der Waals surface area contributed by atoms with E-state index in [-0.39, 0.29) is 0 Å². The Morgan fingerprint density at radius 2 is 1.81 bits per heavy atom. The van der Waals surface area contributed by atoms with Gasteiger partial charge in [0.1, 0.15) is 5.69 Å². The quantitative estimate of drug-likeness (QED) is 0.839. The molecule has 2 aromatic rings. The van der Waals surface area contributed by atoms with Crippen molar-refractivity contribution in [3.63, 3.8) is 0 Å². The highest BCUT2D eigenvalue weighted by Gasteiger charge is 2.24. The second-order valence-electron chi connectivity index (χ2n) is 4.57. The number of aromatic nitrogens is 1. The van der Waals surface area contributed by atoms with Crippen LogP contribution in [0.15, 0.2) is 34.9 Å². The van der Waals surface area contributed by atoms with E-state index >= 15 is 0 Å². The first kappa shape index (κ1) is 10.9. The number of nitrogens with zero attached hydrogens (tertiary/aromatic N) is 1. The zero-order chi connectivity index (χ0) is 11.8. The fourth-order valence-corrected chi connectivity index (χ4v) is 1.80. The molecule has 16 heavy (non-hydrogen) atoms. The second-order valence-corrected chi connectivity index (χ2v) is 4.57. The van der Waals surface area contributed by atoms with Crippen LogP contribution in [0.1, 0.15) is 25.2 Å². The minimum Gasteiger partial charge on any atom is -0.359 e. The molecule has 0 aliphatic heterocycles. The van der Waals surface area contributed by atoms with E-state index < -0.39 is 5.54 Å². The van der Waals surface area contributed by atoms with Crippen LogP contribution in [0.2, 0.25) is 0 Å². The van der Waals surface area contributed by atoms with Crippen molar-refractivity contribution in [3.8, 4) is 11.3 Å². The molecule has 0 saturated carbocycles. The molecule has 0 spiro atoms. The molecular formula is C13H16N2O. The number of nitrogens with two attached hydrogens (primary N) is 1. The summed E-state index contributed by atoms with van der Waals surface area (Å²) in [5, 5.41) is 4.10. The standard InChI is InChI=1S/C13H16N2O/c1-9-11(10-7-5-4-6-8-10)15-16-12(9)13(2,3)14/h4-8H,14H2,1-3H3. The normalized spacial score (nSPS) is 11.8. The van der Waals surface area contributed by atoms with E-state index in [0.29, 0.717) is 0 Å². The molecule has 0 saturated heterocycles. The van der Waals surface area contributed by atoms with Crippen molar-refractivity contribution < 1.29 is 4.52 Å². The molecule has 1 aromatic heterocycles. The first-order valence-electron chi connectivity index (χ1n) is 5.31. The van der Waals surface area contributed by atoms with Gasteiger partial charge in [0.25, 0.3) is 0 Å². The molecule has 2 rings (SSSR count). The topological polar surface area (TPSA) is 52.0 Å². The first-order chi connectivity index (χ1) is 7.50. The summed E-state index contributed by atoms with van der Waals surface area (Å²) in [6, 6.07) is 9.97. The van der Waals surface area contributed by atoms with Gasteiger partial charge < -0.3 is 10.3 Å². The zero-order valence-corrected chi connectivity index (χ0v) is 9.82. The maximum Gasteiger partial charge on any atom is 0.159 e. The summed E-state index contributed by atoms with van der Waals surface area (Å²) in [6.45, 7) is 5.81. The van der Waals surface area contributed by atoms with Crippen molar-refractivity contribution in [2.24, 2.45) is 5.73 Å². The molecule has 84 valence electrons. The molecule has 0 aliphatic rings. The molecule has 1 aromatic carbocycles. The van der Waals surface area contributed by atoms with Crippen LogP contribution in [0, 0.1) is 6.92 Å². The van der Waals surface area contributed by atoms with Crippen LogP contribution in [0.5, 0.6) is 0 Å². The second kappa shape index (κ2) is 3.76. The fourth-order valence-electron chi connectivity index (χ4n) is 1.80. The lowest BCUT2D eigenvalue weighted by Crippen LogP contribution is -2.28. The largest absolute Gasteiger partial charge is 0.359 e. The van der Waals surface area contributed by atoms with Gasteiger partial charge in [-0.3, -0.25) is 0 Å². The van der Waals surface area contributed by atoms with Gasteiger partial charge in [-0.1, -0.05) is 35.5 Å². The Bertz CT molecular complexity index is 480. The summed E-state index contributed by atoms with van der Waals surface area (Å²) in [7, 11) is 0. The average Bonchev–Trinajstić information content (AvgIpc) is 2.61. The summed E-state index contributed by atoms with van der Waals surface area (Å²) in [6.07, 6.45) is 0. The number of hydrogen-bond donors (Lipinski definition) is 1. The van der Waals surface area contributed by atoms with E-state index in [1.54, 1.807) is 0 Å². The third kappa shape index (κ3) is 1.86. The molecule has 0 aliphatic carbocycles. The Morgan fingerprint density at radius 3 is 2.31 bits per heavy atom. The van der Waals surface area contributed by atoms with Gasteiger partial charge in [0, 0.05) is 11.1 Å². The minimum absolute atomic E-state index is 0.496. The maximum absolute atomic E-state index is 6.02. The van der Waals surface area contributed by atoms with Gasteiger partial charge in [-0.2, -0.15) is 0 Å². The van der Waals surface area contributed by atoms with Gasteiger partial charge in [-0.15, -0.1) is 0 Å². The lowest BCUT2D eigenvalue weighted by atomic mass is 9.97. The van der Waals surface area contributed by atoms with Crippen LogP contribution in [-0.4, -0.2) is 5.16 Å². The minimum atomic E-state index is -0.496. The smallest absolute Gasteiger partial charge is 0.159 e. The van der Waals surface area contributed by atoms with Crippen LogP contribution in [-0.2, 0) is 5.54 Å². The third-order valence-electron chi connectivity index (χ3n) is 2.56. The van der Waals surface area contributed by atoms with Crippen molar-refractivity contribution in [2.45, 2.75) is 26.3 Å². The summed E-state index contributed by atoms with van der Waals surface area (Å²) in [5.41, 5.74) is 8.46. The lowest BCUT2D eigenvalue weighted by Gasteiger charge is -2.14. The Kier molecular flexibility index (Phi) is 2.56. The predicted octanol–water partition coefficient (Wildman–Crippen LogP) is 2.84. The van der Waals surface area contributed by atoms with Crippen molar-refractivity contribution >= 4 is 0 Å². The number of hydrogen-bond acceptors (Lipinski definition) is 3. The predicted molar refractivity (Wildman–Crippen MR) is 63.9 cm³/mol. The van der Waals surface area contributed by atoms with Crippen LogP contribution in [0.3, 0.4) is 0 Å². The molecule has 0 radical (unpaired) electrons. The Labute approximate surface area is 95.3 Å². The van der Waals surface area contributed by atoms with Crippen molar-refractivity contribution in [1.29, 1.82) is 0 Å². The molecule has 0 atom stereocenters. The van der Waals surface area contributed by atoms with Crippen molar-refractivity contribution in [3.05, 3.63) is 41.7 Å². The highest BCUT2D eigenvalue weighted by atomic mass is 16.5. The van der Waals surface area contributed by atoms with E-state index in [1.807, 2.05) is 51.1 Å². The van der Waals surface area contributed by atoms with Crippen LogP contribution < -0.4 is 5.73 Å². The summed E-state index contributed by atoms with van der Waals surface area (Å²) >= 11 is 0. The molecular weight excluding hydrogens is 200 g/mol. The van der Waals surface area contributed by atoms with Crippen LogP contribution in [0.25, 0.3) is 11.3 Å². The lowest BCUT2D eigenvalue weighted by molar-refractivity contribution is 0.320. The summed E-state index contributed by atoms with van der Waals surface area (Å²) in [4.78, 5) is 0. The van der Waals surface area contributed by atoms with Gasteiger partial charge in [-0.25, -0.2) is 0 Å². The Morgan fingerprint density at radius 1 is 1.19 bits per heavy atom. The van der Waals surface area contributed by atoms with Gasteiger partial charge in [0.15, 0.2) is 5.76 Å². The summed E-state index contributed by atoms with van der Waals surface area (Å²) < 4.78 is 5.34. The molecule has 2 N–H and O–H groups in total. The van der Waals surface area contributed by atoms with E-state index in [4.69, 9.17) is 10.3 Å². The Hall–Kier alpha value is -1.61. The molecule has 0 bridgehead atoms. The van der Waals surface area contributed by atoms with Gasteiger partial charge in [-0.05, 0) is 20.8 Å². The maximum atomic E-state index is 6.02.